The molecule has 12 heteroatoms. The van der Waals surface area contributed by atoms with Crippen molar-refractivity contribution in [2.24, 2.45) is 0 Å². The number of aromatic nitrogens is 7. The summed E-state index contributed by atoms with van der Waals surface area (Å²) in [5.74, 6) is 0.448. The molecule has 3 heterocycles. The molecule has 0 unspecified atom stereocenters. The molecule has 0 aliphatic heterocycles. The van der Waals surface area contributed by atoms with Gasteiger partial charge in [0.1, 0.15) is 11.6 Å². The Morgan fingerprint density at radius 3 is 2.56 bits per heavy atom. The molecule has 0 spiro atoms. The topological polar surface area (TPSA) is 117 Å². The number of halogens is 3. The highest BCUT2D eigenvalue weighted by Crippen LogP contribution is 2.19. The fourth-order valence-corrected chi connectivity index (χ4v) is 3.07. The van der Waals surface area contributed by atoms with Crippen LogP contribution in [-0.4, -0.2) is 35.1 Å². The van der Waals surface area contributed by atoms with Gasteiger partial charge in [0.2, 0.25) is 17.2 Å². The summed E-state index contributed by atoms with van der Waals surface area (Å²) in [4.78, 5) is 20.2. The first-order chi connectivity index (χ1) is 15.4. The van der Waals surface area contributed by atoms with Crippen molar-refractivity contribution in [1.82, 2.24) is 35.1 Å². The molecule has 32 heavy (non-hydrogen) atoms. The van der Waals surface area contributed by atoms with Gasteiger partial charge < -0.3 is 10.6 Å². The van der Waals surface area contributed by atoms with Gasteiger partial charge in [-0.25, -0.2) is 18.7 Å². The van der Waals surface area contributed by atoms with E-state index in [2.05, 4.69) is 45.8 Å². The van der Waals surface area contributed by atoms with Crippen molar-refractivity contribution >= 4 is 29.3 Å². The third-order valence-electron chi connectivity index (χ3n) is 4.42. The van der Waals surface area contributed by atoms with Gasteiger partial charge in [0.05, 0.1) is 18.4 Å². The molecule has 3 aromatic heterocycles. The molecule has 9 nitrogen and oxygen atoms in total. The molecule has 1 atom stereocenters. The maximum atomic E-state index is 13.3. The van der Waals surface area contributed by atoms with Crippen LogP contribution in [-0.2, 0) is 12.8 Å². The SMILES string of the molecule is C[C@H](Nc1nc(Cl)nc(Nc2cc(CCc3cccc(F)c3)[nH]n2)n1)c1ncc(F)cn1. The van der Waals surface area contributed by atoms with E-state index in [-0.39, 0.29) is 23.0 Å². The van der Waals surface area contributed by atoms with Gasteiger partial charge in [-0.1, -0.05) is 12.1 Å². The standard InChI is InChI=1S/C20H18ClF2N9/c1-11(17-24-9-14(23)10-25-17)26-19-28-18(21)29-20(30-19)27-16-8-15(31-32-16)6-5-12-3-2-4-13(22)7-12/h2-4,7-11H,5-6H2,1H3,(H3,26,27,28,29,30,31,32)/t11-/m0/s1. The van der Waals surface area contributed by atoms with Gasteiger partial charge >= 0.3 is 0 Å². The Labute approximate surface area is 186 Å². The largest absolute Gasteiger partial charge is 0.344 e. The quantitative estimate of drug-likeness (QED) is 0.363. The Hall–Kier alpha value is -3.73. The van der Waals surface area contributed by atoms with Gasteiger partial charge in [-0.3, -0.25) is 5.10 Å². The molecule has 4 rings (SSSR count). The third kappa shape index (κ3) is 5.70. The first-order valence-electron chi connectivity index (χ1n) is 9.66. The van der Waals surface area contributed by atoms with Gasteiger partial charge in [0.25, 0.3) is 0 Å². The lowest BCUT2D eigenvalue weighted by atomic mass is 10.1. The van der Waals surface area contributed by atoms with E-state index in [1.165, 1.54) is 12.1 Å². The van der Waals surface area contributed by atoms with Crippen molar-refractivity contribution < 1.29 is 8.78 Å². The average Bonchev–Trinajstić information content (AvgIpc) is 3.19. The maximum absolute atomic E-state index is 13.3. The monoisotopic (exact) mass is 457 g/mol. The lowest BCUT2D eigenvalue weighted by molar-refractivity contribution is 0.604. The van der Waals surface area contributed by atoms with Crippen molar-refractivity contribution in [3.8, 4) is 0 Å². The van der Waals surface area contributed by atoms with E-state index in [1.807, 2.05) is 6.07 Å². The molecule has 1 aromatic carbocycles. The van der Waals surface area contributed by atoms with Gasteiger partial charge in [0.15, 0.2) is 11.6 Å². The highest BCUT2D eigenvalue weighted by atomic mass is 35.5. The number of nitrogens with zero attached hydrogens (tertiary/aromatic N) is 6. The molecular weight excluding hydrogens is 440 g/mol. The molecule has 0 saturated heterocycles. The summed E-state index contributed by atoms with van der Waals surface area (Å²) in [7, 11) is 0. The van der Waals surface area contributed by atoms with Crippen LogP contribution in [0.4, 0.5) is 26.5 Å². The molecule has 0 radical (unpaired) electrons. The number of nitrogens with one attached hydrogen (secondary N) is 3. The molecule has 3 N–H and O–H groups in total. The van der Waals surface area contributed by atoms with Crippen LogP contribution < -0.4 is 10.6 Å². The van der Waals surface area contributed by atoms with Crippen LogP contribution in [0.25, 0.3) is 0 Å². The van der Waals surface area contributed by atoms with E-state index in [0.717, 1.165) is 23.7 Å². The van der Waals surface area contributed by atoms with Crippen LogP contribution in [0.3, 0.4) is 0 Å². The molecule has 0 bridgehead atoms. The molecule has 164 valence electrons. The minimum Gasteiger partial charge on any atom is -0.344 e. The van der Waals surface area contributed by atoms with Crippen molar-refractivity contribution in [3.63, 3.8) is 0 Å². The Morgan fingerprint density at radius 1 is 1.00 bits per heavy atom. The van der Waals surface area contributed by atoms with Crippen LogP contribution >= 0.6 is 11.6 Å². The molecular formula is C20H18ClF2N9. The highest BCUT2D eigenvalue weighted by molar-refractivity contribution is 6.28. The normalized spacial score (nSPS) is 11.9. The van der Waals surface area contributed by atoms with E-state index in [9.17, 15) is 8.78 Å². The second kappa shape index (κ2) is 9.60. The zero-order valence-corrected chi connectivity index (χ0v) is 17.6. The number of aryl methyl sites for hydroxylation is 2. The van der Waals surface area contributed by atoms with E-state index >= 15 is 0 Å². The zero-order valence-electron chi connectivity index (χ0n) is 16.9. The number of aromatic amines is 1. The van der Waals surface area contributed by atoms with Crippen molar-refractivity contribution in [2.75, 3.05) is 10.6 Å². The average molecular weight is 458 g/mol. The molecule has 4 aromatic rings. The number of anilines is 3. The van der Waals surface area contributed by atoms with Crippen LogP contribution in [0.15, 0.2) is 42.7 Å². The van der Waals surface area contributed by atoms with E-state index in [0.29, 0.717) is 24.5 Å². The minimum absolute atomic E-state index is 0.0286. The summed E-state index contributed by atoms with van der Waals surface area (Å²) in [6, 6.07) is 7.88. The predicted octanol–water partition coefficient (Wildman–Crippen LogP) is 4.02. The van der Waals surface area contributed by atoms with Gasteiger partial charge in [-0.05, 0) is 49.1 Å². The fraction of sp³-hybridized carbons (Fsp3) is 0.200. The van der Waals surface area contributed by atoms with Crippen LogP contribution in [0.2, 0.25) is 5.28 Å². The summed E-state index contributed by atoms with van der Waals surface area (Å²) in [5.41, 5.74) is 1.76. The van der Waals surface area contributed by atoms with E-state index in [1.54, 1.807) is 19.1 Å². The maximum Gasteiger partial charge on any atom is 0.234 e. The molecule has 0 saturated carbocycles. The summed E-state index contributed by atoms with van der Waals surface area (Å²) >= 11 is 6.02. The van der Waals surface area contributed by atoms with Crippen molar-refractivity contribution in [3.05, 3.63) is 76.7 Å². The summed E-state index contributed by atoms with van der Waals surface area (Å²) < 4.78 is 26.3. The van der Waals surface area contributed by atoms with Gasteiger partial charge in [-0.2, -0.15) is 20.1 Å². The number of hydrogen-bond donors (Lipinski definition) is 3. The summed E-state index contributed by atoms with van der Waals surface area (Å²) in [6.45, 7) is 1.77. The first kappa shape index (κ1) is 21.5. The van der Waals surface area contributed by atoms with Crippen LogP contribution in [0, 0.1) is 11.6 Å². The van der Waals surface area contributed by atoms with Crippen LogP contribution in [0.5, 0.6) is 0 Å². The Morgan fingerprint density at radius 2 is 1.78 bits per heavy atom. The Bertz CT molecular complexity index is 1200. The Balaban J connectivity index is 1.40. The zero-order chi connectivity index (χ0) is 22.5. The predicted molar refractivity (Wildman–Crippen MR) is 115 cm³/mol. The number of H-pyrrole nitrogens is 1. The molecule has 0 amide bonds. The molecule has 0 aliphatic carbocycles. The minimum atomic E-state index is -0.523. The van der Waals surface area contributed by atoms with Crippen molar-refractivity contribution in [1.29, 1.82) is 0 Å². The summed E-state index contributed by atoms with van der Waals surface area (Å²) in [5, 5.41) is 13.0. The Kier molecular flexibility index (Phi) is 6.45. The summed E-state index contributed by atoms with van der Waals surface area (Å²) in [6.07, 6.45) is 3.47. The number of rotatable bonds is 8. The third-order valence-corrected chi connectivity index (χ3v) is 4.59. The second-order valence-corrected chi connectivity index (χ2v) is 7.25. The van der Waals surface area contributed by atoms with Crippen LogP contribution in [0.1, 0.15) is 30.0 Å². The number of benzene rings is 1. The smallest absolute Gasteiger partial charge is 0.234 e. The van der Waals surface area contributed by atoms with Gasteiger partial charge in [0, 0.05) is 11.8 Å². The highest BCUT2D eigenvalue weighted by Gasteiger charge is 2.13. The lowest BCUT2D eigenvalue weighted by Gasteiger charge is -2.12. The number of hydrogen-bond acceptors (Lipinski definition) is 8. The second-order valence-electron chi connectivity index (χ2n) is 6.91. The molecule has 0 fully saturated rings. The first-order valence-corrected chi connectivity index (χ1v) is 10.0. The lowest BCUT2D eigenvalue weighted by Crippen LogP contribution is -2.14. The van der Waals surface area contributed by atoms with Gasteiger partial charge in [-0.15, -0.1) is 0 Å². The molecule has 0 aliphatic rings. The van der Waals surface area contributed by atoms with Crippen molar-refractivity contribution in [2.45, 2.75) is 25.8 Å². The fourth-order valence-electron chi connectivity index (χ4n) is 2.91. The van der Waals surface area contributed by atoms with E-state index in [4.69, 9.17) is 11.6 Å². The van der Waals surface area contributed by atoms with E-state index < -0.39 is 11.9 Å².